The van der Waals surface area contributed by atoms with E-state index in [2.05, 4.69) is 14.8 Å². The van der Waals surface area contributed by atoms with E-state index in [0.717, 1.165) is 37.4 Å². The van der Waals surface area contributed by atoms with Gasteiger partial charge in [-0.15, -0.1) is 0 Å². The number of β-amino-alcohol motifs (C(OH)–C–C–N with tert-alkyl or cyclic N) is 1. The molecule has 0 saturated carbocycles. The molecule has 0 radical (unpaired) electrons. The van der Waals surface area contributed by atoms with Gasteiger partial charge in [-0.3, -0.25) is 9.58 Å². The summed E-state index contributed by atoms with van der Waals surface area (Å²) in [6.07, 6.45) is 2.15. The Hall–Kier alpha value is -3.18. The van der Waals surface area contributed by atoms with Crippen molar-refractivity contribution in [3.8, 4) is 11.1 Å². The number of carbonyl (C=O) groups excluding carboxylic acids is 1. The van der Waals surface area contributed by atoms with Crippen molar-refractivity contribution in [1.29, 1.82) is 0 Å². The third-order valence-electron chi connectivity index (χ3n) is 7.83. The molecular formula is C29H31Cl2FN6O3. The summed E-state index contributed by atoms with van der Waals surface area (Å²) < 4.78 is 22.7. The third kappa shape index (κ3) is 5.30. The number of nitrogens with zero attached hydrogens (tertiary/aromatic N) is 6. The van der Waals surface area contributed by atoms with Crippen molar-refractivity contribution in [3.63, 3.8) is 0 Å². The number of imidazole rings is 1. The monoisotopic (exact) mass is 600 g/mol. The van der Waals surface area contributed by atoms with Crippen molar-refractivity contribution >= 4 is 45.8 Å². The van der Waals surface area contributed by atoms with Gasteiger partial charge in [-0.25, -0.2) is 14.2 Å². The van der Waals surface area contributed by atoms with E-state index < -0.39 is 18.2 Å². The maximum absolute atomic E-state index is 14.2. The first-order valence-corrected chi connectivity index (χ1v) is 14.4. The van der Waals surface area contributed by atoms with Crippen LogP contribution in [0, 0.1) is 0 Å². The summed E-state index contributed by atoms with van der Waals surface area (Å²) in [6.45, 7) is 5.30. The van der Waals surface area contributed by atoms with Crippen molar-refractivity contribution in [3.05, 3.63) is 64.3 Å². The number of alkyl halides is 1. The van der Waals surface area contributed by atoms with Crippen LogP contribution in [0.2, 0.25) is 10.0 Å². The first-order valence-electron chi connectivity index (χ1n) is 13.7. The zero-order chi connectivity index (χ0) is 28.8. The first-order chi connectivity index (χ1) is 19.7. The highest BCUT2D eigenvalue weighted by Crippen LogP contribution is 2.40. The van der Waals surface area contributed by atoms with Crippen LogP contribution in [-0.2, 0) is 22.5 Å². The minimum Gasteiger partial charge on any atom is -0.464 e. The molecule has 1 N–H and O–H groups in total. The van der Waals surface area contributed by atoms with E-state index in [0.29, 0.717) is 37.9 Å². The molecule has 1 fully saturated rings. The van der Waals surface area contributed by atoms with E-state index in [-0.39, 0.29) is 25.7 Å². The van der Waals surface area contributed by atoms with E-state index in [4.69, 9.17) is 33.0 Å². The second-order valence-corrected chi connectivity index (χ2v) is 11.4. The van der Waals surface area contributed by atoms with E-state index in [1.807, 2.05) is 31.3 Å². The standard InChI is InChI=1S/C29H31Cl2FN6O3/c1-3-41-29(40)28(27-24-10-18(32)12-37(24)16-33-27)38-15-22-23(30)11-21(25(31)26(22)34-38)17-4-6-19(7-5-17)35(2)8-9-36-13-20(39)14-36/h4-7,11,15-16,18,20,28,39H,3,8-10,12-14H2,1-2H3/t18-,28?/m1/s1. The number of ether oxygens (including phenoxy) is 1. The number of aliphatic hydroxyl groups is 1. The van der Waals surface area contributed by atoms with Gasteiger partial charge in [-0.05, 0) is 30.7 Å². The minimum absolute atomic E-state index is 0.171. The molecule has 0 spiro atoms. The van der Waals surface area contributed by atoms with Gasteiger partial charge in [0.15, 0.2) is 6.04 Å². The second-order valence-electron chi connectivity index (χ2n) is 10.7. The Morgan fingerprint density at radius 3 is 2.71 bits per heavy atom. The fourth-order valence-corrected chi connectivity index (χ4v) is 6.14. The van der Waals surface area contributed by atoms with Crippen LogP contribution in [0.5, 0.6) is 0 Å². The summed E-state index contributed by atoms with van der Waals surface area (Å²) in [4.78, 5) is 22.0. The lowest BCUT2D eigenvalue weighted by Crippen LogP contribution is -2.52. The molecule has 0 bridgehead atoms. The lowest BCUT2D eigenvalue weighted by molar-refractivity contribution is -0.146. The Morgan fingerprint density at radius 2 is 2.00 bits per heavy atom. The number of esters is 1. The number of aromatic nitrogens is 4. The molecule has 0 aliphatic carbocycles. The molecule has 1 unspecified atom stereocenters. The Balaban J connectivity index is 1.30. The molecule has 2 aromatic carbocycles. The molecule has 4 aromatic rings. The van der Waals surface area contributed by atoms with Crippen molar-refractivity contribution in [2.24, 2.45) is 0 Å². The van der Waals surface area contributed by atoms with Gasteiger partial charge < -0.3 is 19.3 Å². The predicted molar refractivity (Wildman–Crippen MR) is 157 cm³/mol. The quantitative estimate of drug-likeness (QED) is 0.285. The van der Waals surface area contributed by atoms with Crippen LogP contribution in [0.25, 0.3) is 22.0 Å². The van der Waals surface area contributed by atoms with Crippen molar-refractivity contribution < 1.29 is 19.0 Å². The molecule has 216 valence electrons. The number of halogens is 3. The maximum atomic E-state index is 14.2. The van der Waals surface area contributed by atoms with Gasteiger partial charge in [0.05, 0.1) is 41.3 Å². The number of carbonyl (C=O) groups is 1. The van der Waals surface area contributed by atoms with E-state index in [1.54, 1.807) is 30.1 Å². The normalized spacial score (nSPS) is 18.0. The summed E-state index contributed by atoms with van der Waals surface area (Å²) in [7, 11) is 2.04. The summed E-state index contributed by atoms with van der Waals surface area (Å²) in [5.74, 6) is -0.540. The van der Waals surface area contributed by atoms with Crippen LogP contribution in [0.4, 0.5) is 10.1 Å². The molecule has 4 heterocycles. The van der Waals surface area contributed by atoms with E-state index >= 15 is 0 Å². The van der Waals surface area contributed by atoms with Crippen molar-refractivity contribution in [1.82, 2.24) is 24.2 Å². The topological polar surface area (TPSA) is 88.7 Å². The number of fused-ring (bicyclic) bond motifs is 2. The molecule has 12 heteroatoms. The van der Waals surface area contributed by atoms with Gasteiger partial charge in [0, 0.05) is 68.2 Å². The number of hydrogen-bond donors (Lipinski definition) is 1. The lowest BCUT2D eigenvalue weighted by Gasteiger charge is -2.37. The van der Waals surface area contributed by atoms with Crippen molar-refractivity contribution in [2.75, 3.05) is 44.7 Å². The lowest BCUT2D eigenvalue weighted by atomic mass is 10.0. The summed E-state index contributed by atoms with van der Waals surface area (Å²) in [5, 5.41) is 15.6. The average Bonchev–Trinajstić information content (AvgIpc) is 3.64. The van der Waals surface area contributed by atoms with Gasteiger partial charge in [-0.2, -0.15) is 5.10 Å². The second kappa shape index (κ2) is 11.2. The Kier molecular flexibility index (Phi) is 7.67. The summed E-state index contributed by atoms with van der Waals surface area (Å²) in [5.41, 5.74) is 4.16. The zero-order valence-electron chi connectivity index (χ0n) is 22.8. The number of hydrogen-bond acceptors (Lipinski definition) is 7. The Labute approximate surface area is 247 Å². The van der Waals surface area contributed by atoms with Crippen LogP contribution in [0.3, 0.4) is 0 Å². The molecule has 9 nitrogen and oxygen atoms in total. The molecule has 41 heavy (non-hydrogen) atoms. The van der Waals surface area contributed by atoms with Crippen LogP contribution in [-0.4, -0.2) is 87.4 Å². The van der Waals surface area contributed by atoms with Gasteiger partial charge in [0.1, 0.15) is 11.7 Å². The van der Waals surface area contributed by atoms with E-state index in [1.165, 1.54) is 4.68 Å². The van der Waals surface area contributed by atoms with E-state index in [9.17, 15) is 14.3 Å². The van der Waals surface area contributed by atoms with Crippen molar-refractivity contribution in [2.45, 2.75) is 38.2 Å². The third-order valence-corrected chi connectivity index (χ3v) is 8.53. The number of rotatable bonds is 9. The van der Waals surface area contributed by atoms with Crippen LogP contribution in [0.1, 0.15) is 24.4 Å². The molecule has 2 atom stereocenters. The minimum atomic E-state index is -1.03. The highest BCUT2D eigenvalue weighted by Gasteiger charge is 2.35. The molecule has 2 aliphatic heterocycles. The molecule has 2 aromatic heterocycles. The largest absolute Gasteiger partial charge is 0.464 e. The number of likely N-dealkylation sites (tertiary alicyclic amines) is 1. The zero-order valence-corrected chi connectivity index (χ0v) is 24.3. The fraction of sp³-hybridized carbons (Fsp3) is 0.414. The molecule has 2 aliphatic rings. The number of anilines is 1. The SMILES string of the molecule is CCOC(=O)C(c1ncn2c1C[C@@H](F)C2)n1cc2c(Cl)cc(-c3ccc(N(C)CCN4CC(O)C4)cc3)c(Cl)c2n1. The summed E-state index contributed by atoms with van der Waals surface area (Å²) in [6, 6.07) is 8.83. The number of aliphatic hydroxyl groups excluding tert-OH is 1. The first kappa shape index (κ1) is 28.0. The molecule has 0 amide bonds. The summed E-state index contributed by atoms with van der Waals surface area (Å²) >= 11 is 13.6. The fourth-order valence-electron chi connectivity index (χ4n) is 5.59. The smallest absolute Gasteiger partial charge is 0.337 e. The highest BCUT2D eigenvalue weighted by molar-refractivity contribution is 6.42. The maximum Gasteiger partial charge on any atom is 0.337 e. The van der Waals surface area contributed by atoms with Gasteiger partial charge >= 0.3 is 5.97 Å². The molecule has 6 rings (SSSR count). The average molecular weight is 602 g/mol. The number of likely N-dealkylation sites (N-methyl/N-ethyl adjacent to an activating group) is 1. The highest BCUT2D eigenvalue weighted by atomic mass is 35.5. The van der Waals surface area contributed by atoms with Crippen LogP contribution < -0.4 is 4.90 Å². The number of benzene rings is 2. The van der Waals surface area contributed by atoms with Crippen LogP contribution >= 0.6 is 23.2 Å². The van der Waals surface area contributed by atoms with Gasteiger partial charge in [0.2, 0.25) is 0 Å². The molecular weight excluding hydrogens is 570 g/mol. The predicted octanol–water partition coefficient (Wildman–Crippen LogP) is 4.37. The van der Waals surface area contributed by atoms with Crippen LogP contribution in [0.15, 0.2) is 42.9 Å². The Morgan fingerprint density at radius 1 is 1.24 bits per heavy atom. The Bertz CT molecular complexity index is 1580. The molecule has 1 saturated heterocycles. The van der Waals surface area contributed by atoms with Gasteiger partial charge in [-0.1, -0.05) is 35.3 Å². The van der Waals surface area contributed by atoms with Gasteiger partial charge in [0.25, 0.3) is 0 Å².